The van der Waals surface area contributed by atoms with Crippen LogP contribution in [0, 0.1) is 17.3 Å². The minimum absolute atomic E-state index is 0.304. The van der Waals surface area contributed by atoms with Gasteiger partial charge in [-0.15, -0.1) is 0 Å². The second-order valence-electron chi connectivity index (χ2n) is 7.28. The van der Waals surface area contributed by atoms with E-state index in [0.29, 0.717) is 23.6 Å². The average molecular weight is 311 g/mol. The molecule has 1 aromatic carbocycles. The summed E-state index contributed by atoms with van der Waals surface area (Å²) in [6.45, 7) is 5.09. The Morgan fingerprint density at radius 2 is 1.96 bits per heavy atom. The van der Waals surface area contributed by atoms with Gasteiger partial charge in [0.1, 0.15) is 0 Å². The van der Waals surface area contributed by atoms with Crippen LogP contribution < -0.4 is 11.4 Å². The Kier molecular flexibility index (Phi) is 3.01. The summed E-state index contributed by atoms with van der Waals surface area (Å²) in [5.41, 5.74) is 1.50. The van der Waals surface area contributed by atoms with Crippen molar-refractivity contribution in [2.24, 2.45) is 17.3 Å². The standard InChI is InChI=1S/C18H21N3O2/c1-18(2)13-9-8-12(15(18)10-13)11-20-17(23)21(16(22)19-20)14-6-4-3-5-7-14/h3-8,13,15H,9-11H2,1-2H3,(H,19,22). The number of hydrogen-bond donors (Lipinski definition) is 1. The zero-order valence-corrected chi connectivity index (χ0v) is 13.5. The second kappa shape index (κ2) is 4.85. The van der Waals surface area contributed by atoms with Crippen molar-refractivity contribution in [2.45, 2.75) is 33.2 Å². The zero-order valence-electron chi connectivity index (χ0n) is 13.5. The number of aromatic amines is 1. The van der Waals surface area contributed by atoms with E-state index in [1.165, 1.54) is 21.2 Å². The molecular formula is C18H21N3O2. The summed E-state index contributed by atoms with van der Waals surface area (Å²) in [6, 6.07) is 9.03. The number of benzene rings is 1. The molecule has 5 rings (SSSR count). The van der Waals surface area contributed by atoms with Crippen molar-refractivity contribution in [3.05, 3.63) is 62.9 Å². The number of nitrogens with zero attached hydrogens (tertiary/aromatic N) is 2. The third-order valence-electron chi connectivity index (χ3n) is 5.79. The molecule has 2 unspecified atom stereocenters. The highest BCUT2D eigenvalue weighted by atomic mass is 16.2. The number of H-pyrrole nitrogens is 1. The highest BCUT2D eigenvalue weighted by Crippen LogP contribution is 2.59. The number of fused-ring (bicyclic) bond motifs is 1. The van der Waals surface area contributed by atoms with Gasteiger partial charge in [0.25, 0.3) is 0 Å². The van der Waals surface area contributed by atoms with Gasteiger partial charge in [0.05, 0.1) is 12.2 Å². The molecule has 2 aromatic rings. The van der Waals surface area contributed by atoms with Crippen LogP contribution in [0.3, 0.4) is 0 Å². The first kappa shape index (κ1) is 14.3. The lowest BCUT2D eigenvalue weighted by Crippen LogP contribution is -2.49. The van der Waals surface area contributed by atoms with E-state index in [1.807, 2.05) is 18.2 Å². The van der Waals surface area contributed by atoms with Crippen molar-refractivity contribution in [1.29, 1.82) is 0 Å². The first-order chi connectivity index (χ1) is 11.0. The van der Waals surface area contributed by atoms with Crippen molar-refractivity contribution >= 4 is 0 Å². The average Bonchev–Trinajstić information content (AvgIpc) is 2.82. The topological polar surface area (TPSA) is 59.8 Å². The van der Waals surface area contributed by atoms with Crippen LogP contribution in [0.2, 0.25) is 0 Å². The van der Waals surface area contributed by atoms with Crippen LogP contribution in [0.4, 0.5) is 0 Å². The van der Waals surface area contributed by atoms with Gasteiger partial charge in [-0.1, -0.05) is 38.1 Å². The van der Waals surface area contributed by atoms with Crippen molar-refractivity contribution < 1.29 is 0 Å². The SMILES string of the molecule is CC1(C)C2CC=C(Cn3[nH]c(=O)n(-c4ccccc4)c3=O)C1C2. The third-order valence-corrected chi connectivity index (χ3v) is 5.79. The van der Waals surface area contributed by atoms with E-state index in [4.69, 9.17) is 0 Å². The maximum atomic E-state index is 12.6. The van der Waals surface area contributed by atoms with Crippen LogP contribution in [-0.2, 0) is 6.54 Å². The number of nitrogens with one attached hydrogen (secondary N) is 1. The summed E-state index contributed by atoms with van der Waals surface area (Å²) in [6.07, 6.45) is 4.54. The molecule has 0 radical (unpaired) electrons. The Balaban J connectivity index is 1.69. The van der Waals surface area contributed by atoms with E-state index >= 15 is 0 Å². The fraction of sp³-hybridized carbons (Fsp3) is 0.444. The molecule has 0 aliphatic heterocycles. The summed E-state index contributed by atoms with van der Waals surface area (Å²) in [5.74, 6) is 1.29. The number of hydrogen-bond acceptors (Lipinski definition) is 2. The summed E-state index contributed by atoms with van der Waals surface area (Å²) in [4.78, 5) is 24.8. The molecule has 23 heavy (non-hydrogen) atoms. The molecular weight excluding hydrogens is 290 g/mol. The van der Waals surface area contributed by atoms with Gasteiger partial charge < -0.3 is 0 Å². The lowest BCUT2D eigenvalue weighted by atomic mass is 9.49. The quantitative estimate of drug-likeness (QED) is 0.884. The van der Waals surface area contributed by atoms with E-state index in [0.717, 1.165) is 12.3 Å². The Hall–Kier alpha value is -2.30. The van der Waals surface area contributed by atoms with Gasteiger partial charge in [-0.2, -0.15) is 0 Å². The molecule has 120 valence electrons. The fourth-order valence-electron chi connectivity index (χ4n) is 4.17. The predicted octanol–water partition coefficient (Wildman–Crippen LogP) is 2.32. The molecule has 2 bridgehead atoms. The number of para-hydroxylation sites is 1. The largest absolute Gasteiger partial charge is 0.351 e. The van der Waals surface area contributed by atoms with Crippen LogP contribution in [0.1, 0.15) is 26.7 Å². The molecule has 1 fully saturated rings. The molecule has 5 nitrogen and oxygen atoms in total. The lowest BCUT2D eigenvalue weighted by molar-refractivity contribution is -0.00933. The van der Waals surface area contributed by atoms with Crippen molar-refractivity contribution in [3.63, 3.8) is 0 Å². The van der Waals surface area contributed by atoms with Crippen molar-refractivity contribution in [2.75, 3.05) is 0 Å². The van der Waals surface area contributed by atoms with Crippen molar-refractivity contribution in [1.82, 2.24) is 14.3 Å². The molecule has 3 aliphatic carbocycles. The number of allylic oxidation sites excluding steroid dienone is 2. The molecule has 5 heteroatoms. The Bertz CT molecular complexity index is 883. The van der Waals surface area contributed by atoms with Crippen LogP contribution in [0.25, 0.3) is 5.69 Å². The molecule has 2 atom stereocenters. The molecule has 0 amide bonds. The van der Waals surface area contributed by atoms with Gasteiger partial charge in [0.2, 0.25) is 0 Å². The first-order valence-corrected chi connectivity index (χ1v) is 8.14. The van der Waals surface area contributed by atoms with Gasteiger partial charge in [-0.25, -0.2) is 23.9 Å². The smallest absolute Gasteiger partial charge is 0.246 e. The Labute approximate surface area is 134 Å². The van der Waals surface area contributed by atoms with Crippen LogP contribution in [-0.4, -0.2) is 14.3 Å². The Morgan fingerprint density at radius 3 is 2.61 bits per heavy atom. The molecule has 0 saturated heterocycles. The summed E-state index contributed by atoms with van der Waals surface area (Å²) in [5, 5.41) is 2.69. The minimum Gasteiger partial charge on any atom is -0.246 e. The zero-order chi connectivity index (χ0) is 16.2. The monoisotopic (exact) mass is 311 g/mol. The maximum absolute atomic E-state index is 12.6. The summed E-state index contributed by atoms with van der Waals surface area (Å²) in [7, 11) is 0. The highest BCUT2D eigenvalue weighted by Gasteiger charge is 2.51. The van der Waals surface area contributed by atoms with E-state index < -0.39 is 0 Å². The van der Waals surface area contributed by atoms with Gasteiger partial charge in [0.15, 0.2) is 0 Å². The maximum Gasteiger partial charge on any atom is 0.351 e. The first-order valence-electron chi connectivity index (χ1n) is 8.14. The molecule has 1 aromatic heterocycles. The minimum atomic E-state index is -0.386. The van der Waals surface area contributed by atoms with Gasteiger partial charge >= 0.3 is 11.4 Å². The second-order valence-corrected chi connectivity index (χ2v) is 7.28. The Morgan fingerprint density at radius 1 is 1.22 bits per heavy atom. The predicted molar refractivity (Wildman–Crippen MR) is 88.7 cm³/mol. The van der Waals surface area contributed by atoms with Gasteiger partial charge in [0, 0.05) is 0 Å². The molecule has 1 heterocycles. The third kappa shape index (κ3) is 2.06. The molecule has 1 saturated carbocycles. The lowest BCUT2D eigenvalue weighted by Gasteiger charge is -2.56. The van der Waals surface area contributed by atoms with Gasteiger partial charge in [-0.05, 0) is 47.8 Å². The normalized spacial score (nSPS) is 24.9. The van der Waals surface area contributed by atoms with E-state index in [2.05, 4.69) is 25.0 Å². The summed E-state index contributed by atoms with van der Waals surface area (Å²) >= 11 is 0. The van der Waals surface area contributed by atoms with E-state index in [-0.39, 0.29) is 11.4 Å². The number of aromatic nitrogens is 3. The number of rotatable bonds is 3. The van der Waals surface area contributed by atoms with Crippen LogP contribution in [0.15, 0.2) is 51.6 Å². The molecule has 3 aliphatic rings. The molecule has 0 spiro atoms. The highest BCUT2D eigenvalue weighted by molar-refractivity contribution is 5.30. The van der Waals surface area contributed by atoms with Crippen LogP contribution in [0.5, 0.6) is 0 Å². The molecule has 1 N–H and O–H groups in total. The van der Waals surface area contributed by atoms with Gasteiger partial charge in [-0.3, -0.25) is 0 Å². The van der Waals surface area contributed by atoms with E-state index in [9.17, 15) is 9.59 Å². The fourth-order valence-corrected chi connectivity index (χ4v) is 4.17. The van der Waals surface area contributed by atoms with E-state index in [1.54, 1.807) is 12.1 Å². The van der Waals surface area contributed by atoms with Crippen LogP contribution >= 0.6 is 0 Å². The van der Waals surface area contributed by atoms with Crippen molar-refractivity contribution in [3.8, 4) is 5.69 Å². The summed E-state index contributed by atoms with van der Waals surface area (Å²) < 4.78 is 2.63.